The summed E-state index contributed by atoms with van der Waals surface area (Å²) >= 11 is 13.2. The predicted octanol–water partition coefficient (Wildman–Crippen LogP) is 4.50. The maximum atomic E-state index is 12.5. The fourth-order valence-corrected chi connectivity index (χ4v) is 4.23. The van der Waals surface area contributed by atoms with E-state index in [0.717, 1.165) is 25.9 Å². The number of ether oxygens (including phenoxy) is 1. The second-order valence-electron chi connectivity index (χ2n) is 6.62. The minimum Gasteiger partial charge on any atom is -0.452 e. The van der Waals surface area contributed by atoms with Crippen molar-refractivity contribution in [3.05, 3.63) is 58.1 Å². The molecule has 2 aromatic rings. The van der Waals surface area contributed by atoms with Gasteiger partial charge in [0.15, 0.2) is 6.61 Å². The van der Waals surface area contributed by atoms with Crippen LogP contribution in [0.15, 0.2) is 47.4 Å². The number of hydrogen-bond acceptors (Lipinski definition) is 5. The van der Waals surface area contributed by atoms with Crippen molar-refractivity contribution >= 4 is 58.4 Å². The Balaban J connectivity index is 1.55. The van der Waals surface area contributed by atoms with Crippen LogP contribution in [0.25, 0.3) is 0 Å². The molecule has 1 fully saturated rings. The summed E-state index contributed by atoms with van der Waals surface area (Å²) in [6.45, 7) is 1.09. The smallest absolute Gasteiger partial charge is 0.339 e. The molecule has 1 N–H and O–H groups in total. The van der Waals surface area contributed by atoms with Crippen LogP contribution in [0.4, 0.5) is 5.69 Å². The van der Waals surface area contributed by atoms with Crippen LogP contribution >= 0.6 is 35.0 Å². The molecular weight excluding hydrogens is 447 g/mol. The van der Waals surface area contributed by atoms with Gasteiger partial charge in [-0.05, 0) is 43.2 Å². The zero-order chi connectivity index (χ0) is 21.5. The Morgan fingerprint density at radius 1 is 1.07 bits per heavy atom. The average Bonchev–Trinajstić information content (AvgIpc) is 3.28. The molecule has 6 nitrogen and oxygen atoms in total. The number of hydrogen-bond donors (Lipinski definition) is 1. The summed E-state index contributed by atoms with van der Waals surface area (Å²) in [4.78, 5) is 39.3. The van der Waals surface area contributed by atoms with Crippen molar-refractivity contribution in [1.82, 2.24) is 4.90 Å². The van der Waals surface area contributed by atoms with E-state index >= 15 is 0 Å². The van der Waals surface area contributed by atoms with Crippen molar-refractivity contribution in [3.63, 3.8) is 0 Å². The lowest BCUT2D eigenvalue weighted by atomic mass is 10.2. The van der Waals surface area contributed by atoms with E-state index in [4.69, 9.17) is 27.9 Å². The standard InChI is InChI=1S/C21H20Cl2N2O4S/c22-14-7-8-16(23)17(11-14)24-19(26)12-29-21(28)15-5-1-2-6-18(15)30-13-20(27)25-9-3-4-10-25/h1-2,5-8,11H,3-4,9-10,12-13H2,(H,24,26). The molecule has 0 unspecified atom stereocenters. The number of likely N-dealkylation sites (tertiary alicyclic amines) is 1. The minimum atomic E-state index is -0.640. The predicted molar refractivity (Wildman–Crippen MR) is 118 cm³/mol. The summed E-state index contributed by atoms with van der Waals surface area (Å²) in [5.41, 5.74) is 0.645. The Kier molecular flexibility index (Phi) is 8.01. The molecular formula is C21H20Cl2N2O4S. The van der Waals surface area contributed by atoms with Crippen LogP contribution in [0, 0.1) is 0 Å². The molecule has 30 heavy (non-hydrogen) atoms. The molecule has 0 saturated carbocycles. The molecule has 0 atom stereocenters. The maximum Gasteiger partial charge on any atom is 0.339 e. The summed E-state index contributed by atoms with van der Waals surface area (Å²) in [7, 11) is 0. The Morgan fingerprint density at radius 3 is 2.57 bits per heavy atom. The summed E-state index contributed by atoms with van der Waals surface area (Å²) in [5.74, 6) is -0.878. The normalized spacial score (nSPS) is 13.2. The van der Waals surface area contributed by atoms with E-state index in [1.165, 1.54) is 17.8 Å². The highest BCUT2D eigenvalue weighted by Crippen LogP contribution is 2.26. The first-order valence-corrected chi connectivity index (χ1v) is 11.1. The number of halogens is 2. The topological polar surface area (TPSA) is 75.7 Å². The van der Waals surface area contributed by atoms with Crippen molar-refractivity contribution in [3.8, 4) is 0 Å². The third-order valence-electron chi connectivity index (χ3n) is 4.45. The summed E-state index contributed by atoms with van der Waals surface area (Å²) in [6, 6.07) is 11.5. The zero-order valence-corrected chi connectivity index (χ0v) is 18.4. The van der Waals surface area contributed by atoms with Crippen LogP contribution < -0.4 is 5.32 Å². The number of benzene rings is 2. The van der Waals surface area contributed by atoms with Gasteiger partial charge >= 0.3 is 5.97 Å². The van der Waals surface area contributed by atoms with Crippen LogP contribution in [0.3, 0.4) is 0 Å². The van der Waals surface area contributed by atoms with Gasteiger partial charge in [-0.15, -0.1) is 11.8 Å². The van der Waals surface area contributed by atoms with Gasteiger partial charge in [-0.3, -0.25) is 9.59 Å². The molecule has 0 aliphatic carbocycles. The largest absolute Gasteiger partial charge is 0.452 e. The van der Waals surface area contributed by atoms with Gasteiger partial charge in [-0.2, -0.15) is 0 Å². The number of amides is 2. The van der Waals surface area contributed by atoms with Gasteiger partial charge in [0, 0.05) is 23.0 Å². The highest BCUT2D eigenvalue weighted by atomic mass is 35.5. The lowest BCUT2D eigenvalue weighted by Gasteiger charge is -2.15. The highest BCUT2D eigenvalue weighted by molar-refractivity contribution is 8.00. The van der Waals surface area contributed by atoms with E-state index in [1.807, 2.05) is 4.90 Å². The first-order valence-electron chi connectivity index (χ1n) is 9.35. The maximum absolute atomic E-state index is 12.5. The number of carbonyl (C=O) groups excluding carboxylic acids is 3. The first-order chi connectivity index (χ1) is 14.4. The summed E-state index contributed by atoms with van der Waals surface area (Å²) in [5, 5.41) is 3.30. The molecule has 0 bridgehead atoms. The van der Waals surface area contributed by atoms with E-state index in [2.05, 4.69) is 5.32 Å². The van der Waals surface area contributed by atoms with Gasteiger partial charge in [-0.25, -0.2) is 4.79 Å². The number of rotatable bonds is 7. The minimum absolute atomic E-state index is 0.0541. The second-order valence-corrected chi connectivity index (χ2v) is 8.48. The Hall–Kier alpha value is -2.22. The van der Waals surface area contributed by atoms with Crippen LogP contribution in [-0.2, 0) is 14.3 Å². The number of carbonyl (C=O) groups is 3. The quantitative estimate of drug-likeness (QED) is 0.479. The van der Waals surface area contributed by atoms with Gasteiger partial charge < -0.3 is 15.0 Å². The molecule has 158 valence electrons. The molecule has 1 heterocycles. The average molecular weight is 467 g/mol. The zero-order valence-electron chi connectivity index (χ0n) is 16.0. The SMILES string of the molecule is O=C(COC(=O)c1ccccc1SCC(=O)N1CCCC1)Nc1cc(Cl)ccc1Cl. The summed E-state index contributed by atoms with van der Waals surface area (Å²) < 4.78 is 5.14. The van der Waals surface area contributed by atoms with Crippen molar-refractivity contribution in [2.45, 2.75) is 17.7 Å². The number of esters is 1. The fraction of sp³-hybridized carbons (Fsp3) is 0.286. The van der Waals surface area contributed by atoms with Crippen molar-refractivity contribution in [2.24, 2.45) is 0 Å². The lowest BCUT2D eigenvalue weighted by molar-refractivity contribution is -0.127. The van der Waals surface area contributed by atoms with Crippen LogP contribution in [0.5, 0.6) is 0 Å². The molecule has 2 aromatic carbocycles. The van der Waals surface area contributed by atoms with Gasteiger partial charge in [0.2, 0.25) is 5.91 Å². The van der Waals surface area contributed by atoms with E-state index in [1.54, 1.807) is 36.4 Å². The van der Waals surface area contributed by atoms with E-state index in [-0.39, 0.29) is 11.7 Å². The Bertz CT molecular complexity index is 948. The molecule has 9 heteroatoms. The summed E-state index contributed by atoms with van der Waals surface area (Å²) in [6.07, 6.45) is 2.06. The van der Waals surface area contributed by atoms with Gasteiger partial charge in [0.25, 0.3) is 5.91 Å². The molecule has 1 saturated heterocycles. The number of nitrogens with zero attached hydrogens (tertiary/aromatic N) is 1. The van der Waals surface area contributed by atoms with Crippen molar-refractivity contribution in [2.75, 3.05) is 30.8 Å². The number of nitrogens with one attached hydrogen (secondary N) is 1. The molecule has 1 aliphatic rings. The van der Waals surface area contributed by atoms with Gasteiger partial charge in [0.1, 0.15) is 0 Å². The van der Waals surface area contributed by atoms with Crippen molar-refractivity contribution < 1.29 is 19.1 Å². The van der Waals surface area contributed by atoms with Gasteiger partial charge in [0.05, 0.1) is 22.0 Å². The molecule has 0 spiro atoms. The van der Waals surface area contributed by atoms with E-state index in [9.17, 15) is 14.4 Å². The third-order valence-corrected chi connectivity index (χ3v) is 6.08. The third kappa shape index (κ3) is 6.14. The molecule has 1 aliphatic heterocycles. The van der Waals surface area contributed by atoms with Crippen LogP contribution in [0.1, 0.15) is 23.2 Å². The van der Waals surface area contributed by atoms with Crippen LogP contribution in [0.2, 0.25) is 10.0 Å². The van der Waals surface area contributed by atoms with E-state index < -0.39 is 18.5 Å². The highest BCUT2D eigenvalue weighted by Gasteiger charge is 2.20. The fourth-order valence-electron chi connectivity index (χ4n) is 2.95. The van der Waals surface area contributed by atoms with E-state index in [0.29, 0.717) is 26.2 Å². The lowest BCUT2D eigenvalue weighted by Crippen LogP contribution is -2.29. The Morgan fingerprint density at radius 2 is 1.80 bits per heavy atom. The Labute approximate surface area is 188 Å². The number of anilines is 1. The van der Waals surface area contributed by atoms with Crippen LogP contribution in [-0.4, -0.2) is 48.1 Å². The molecule has 3 rings (SSSR count). The first kappa shape index (κ1) is 22.5. The second kappa shape index (κ2) is 10.7. The monoisotopic (exact) mass is 466 g/mol. The number of thioether (sulfide) groups is 1. The van der Waals surface area contributed by atoms with Crippen molar-refractivity contribution in [1.29, 1.82) is 0 Å². The molecule has 0 radical (unpaired) electrons. The molecule has 0 aromatic heterocycles. The van der Waals surface area contributed by atoms with Gasteiger partial charge in [-0.1, -0.05) is 35.3 Å². The molecule has 2 amide bonds.